The molecule has 2 saturated carbocycles. The summed E-state index contributed by atoms with van der Waals surface area (Å²) in [4.78, 5) is 15.8. The van der Waals surface area contributed by atoms with Crippen LogP contribution in [0.1, 0.15) is 33.6 Å². The van der Waals surface area contributed by atoms with E-state index in [9.17, 15) is 26.2 Å². The number of hydrogen-bond donors (Lipinski definition) is 1. The molecule has 0 saturated heterocycles. The summed E-state index contributed by atoms with van der Waals surface area (Å²) in [5.74, 6) is -0.948. The number of rotatable bonds is 6. The lowest BCUT2D eigenvalue weighted by Crippen LogP contribution is -2.58. The van der Waals surface area contributed by atoms with Gasteiger partial charge in [-0.15, -0.1) is 0 Å². The van der Waals surface area contributed by atoms with E-state index in [1.54, 1.807) is 24.3 Å². The normalized spacial score (nSPS) is 27.4. The predicted octanol–water partition coefficient (Wildman–Crippen LogP) is 5.40. The van der Waals surface area contributed by atoms with E-state index in [0.29, 0.717) is 22.6 Å². The summed E-state index contributed by atoms with van der Waals surface area (Å²) in [7, 11) is -9.44. The molecule has 0 amide bonds. The quantitative estimate of drug-likeness (QED) is 0.314. The molecule has 5 rings (SSSR count). The Balaban J connectivity index is 1.68. The molecule has 0 radical (unpaired) electrons. The van der Waals surface area contributed by atoms with Crippen LogP contribution in [0.5, 0.6) is 0 Å². The van der Waals surface area contributed by atoms with Gasteiger partial charge in [-0.05, 0) is 77.9 Å². The van der Waals surface area contributed by atoms with Crippen LogP contribution in [-0.4, -0.2) is 37.5 Å². The van der Waals surface area contributed by atoms with Crippen molar-refractivity contribution in [2.24, 2.45) is 16.7 Å². The summed E-state index contributed by atoms with van der Waals surface area (Å²) in [5, 5.41) is 0. The van der Waals surface area contributed by atoms with Crippen LogP contribution in [0, 0.1) is 16.7 Å². The number of Topliss-reactive ketones (excluding diaryl/α,β-unsaturated/α-hetero) is 1. The third-order valence-electron chi connectivity index (χ3n) is 8.87. The number of carbonyl (C=O) groups excluding carboxylic acids is 1. The van der Waals surface area contributed by atoms with Crippen LogP contribution < -0.4 is 0 Å². The first-order valence-electron chi connectivity index (χ1n) is 12.4. The molecule has 6 nitrogen and oxygen atoms in total. The lowest BCUT2D eigenvalue weighted by atomic mass is 9.70. The minimum absolute atomic E-state index is 0.226. The van der Waals surface area contributed by atoms with Gasteiger partial charge >= 0.3 is 14.2 Å². The van der Waals surface area contributed by atoms with Gasteiger partial charge in [-0.25, -0.2) is 8.42 Å². The summed E-state index contributed by atoms with van der Waals surface area (Å²) in [5.41, 5.74) is 0.145. The molecule has 38 heavy (non-hydrogen) atoms. The molecule has 0 aliphatic heterocycles. The zero-order chi connectivity index (χ0) is 27.7. The van der Waals surface area contributed by atoms with Crippen LogP contribution in [0.3, 0.4) is 0 Å². The molecule has 2 fully saturated rings. The fraction of sp³-hybridized carbons (Fsp3) is 0.345. The Morgan fingerprint density at radius 2 is 1.29 bits per heavy atom. The maximum atomic E-state index is 14.3. The zero-order valence-electron chi connectivity index (χ0n) is 21.7. The first kappa shape index (κ1) is 27.1. The molecule has 200 valence electrons. The van der Waals surface area contributed by atoms with E-state index < -0.39 is 57.5 Å². The van der Waals surface area contributed by atoms with E-state index in [1.165, 1.54) is 0 Å². The standard InChI is InChI=1S/C29H30O6S3/c1-27(2)25-18-19-28(27,3)26(30)29(25,38(33,34)35)36(22-8-6-5-7-9-22)23-14-10-20(11-15-23)21-12-16-24(17-13-21)37(4,31)32/h5-17,25H,18-19H2,1-4H3/p+1. The van der Waals surface area contributed by atoms with Gasteiger partial charge in [-0.3, -0.25) is 9.35 Å². The first-order chi connectivity index (χ1) is 17.7. The maximum absolute atomic E-state index is 14.3. The number of carbonyl (C=O) groups is 1. The van der Waals surface area contributed by atoms with Gasteiger partial charge in [-0.2, -0.15) is 8.42 Å². The number of fused-ring (bicyclic) bond motifs is 2. The number of hydrogen-bond acceptors (Lipinski definition) is 5. The van der Waals surface area contributed by atoms with Crippen LogP contribution in [0.2, 0.25) is 0 Å². The Labute approximate surface area is 227 Å². The zero-order valence-corrected chi connectivity index (χ0v) is 24.2. The first-order valence-corrected chi connectivity index (χ1v) is 16.9. The predicted molar refractivity (Wildman–Crippen MR) is 149 cm³/mol. The Morgan fingerprint density at radius 3 is 1.74 bits per heavy atom. The highest BCUT2D eigenvalue weighted by Gasteiger charge is 2.85. The van der Waals surface area contributed by atoms with E-state index in [-0.39, 0.29) is 4.90 Å². The van der Waals surface area contributed by atoms with Gasteiger partial charge in [0.1, 0.15) is 0 Å². The van der Waals surface area contributed by atoms with Gasteiger partial charge in [0, 0.05) is 17.6 Å². The highest BCUT2D eigenvalue weighted by Crippen LogP contribution is 2.71. The number of benzene rings is 3. The Kier molecular flexibility index (Phi) is 6.26. The molecule has 0 heterocycles. The molecule has 0 aromatic heterocycles. The summed E-state index contributed by atoms with van der Waals surface area (Å²) in [6, 6.07) is 23.0. The van der Waals surface area contributed by atoms with Gasteiger partial charge in [-0.1, -0.05) is 51.1 Å². The van der Waals surface area contributed by atoms with Crippen LogP contribution in [0.15, 0.2) is 93.5 Å². The average molecular weight is 572 g/mol. The Hall–Kier alpha value is -2.46. The number of ketones is 1. The van der Waals surface area contributed by atoms with Crippen molar-refractivity contribution in [2.45, 2.75) is 52.4 Å². The highest BCUT2D eigenvalue weighted by atomic mass is 32.3. The Morgan fingerprint density at radius 1 is 0.789 bits per heavy atom. The molecular weight excluding hydrogens is 541 g/mol. The van der Waals surface area contributed by atoms with Crippen molar-refractivity contribution in [3.05, 3.63) is 78.9 Å². The molecule has 4 unspecified atom stereocenters. The molecule has 9 heteroatoms. The van der Waals surface area contributed by atoms with E-state index in [1.807, 2.05) is 75.4 Å². The topological polar surface area (TPSA) is 106 Å². The molecule has 2 bridgehead atoms. The third kappa shape index (κ3) is 3.73. The van der Waals surface area contributed by atoms with Crippen LogP contribution >= 0.6 is 0 Å². The van der Waals surface area contributed by atoms with Crippen LogP contribution in [-0.2, 0) is 35.6 Å². The molecule has 2 aliphatic carbocycles. The molecule has 1 N–H and O–H groups in total. The fourth-order valence-corrected chi connectivity index (χ4v) is 12.7. The van der Waals surface area contributed by atoms with E-state index >= 15 is 0 Å². The van der Waals surface area contributed by atoms with Crippen LogP contribution in [0.4, 0.5) is 0 Å². The average Bonchev–Trinajstić information content (AvgIpc) is 3.17. The third-order valence-corrected chi connectivity index (χ3v) is 14.9. The van der Waals surface area contributed by atoms with Gasteiger partial charge in [0.2, 0.25) is 5.78 Å². The lowest BCUT2D eigenvalue weighted by Gasteiger charge is -2.34. The van der Waals surface area contributed by atoms with Crippen molar-refractivity contribution in [2.75, 3.05) is 6.26 Å². The van der Waals surface area contributed by atoms with Crippen molar-refractivity contribution in [3.8, 4) is 11.1 Å². The molecule has 2 aliphatic rings. The summed E-state index contributed by atoms with van der Waals surface area (Å²) < 4.78 is 59.5. The van der Waals surface area contributed by atoms with Crippen LogP contribution in [0.25, 0.3) is 11.1 Å². The Bertz CT molecular complexity index is 1610. The summed E-state index contributed by atoms with van der Waals surface area (Å²) >= 11 is 0. The summed E-state index contributed by atoms with van der Waals surface area (Å²) in [6.07, 6.45) is 2.29. The van der Waals surface area contributed by atoms with Crippen molar-refractivity contribution in [1.29, 1.82) is 0 Å². The van der Waals surface area contributed by atoms with Gasteiger partial charge in [0.15, 0.2) is 19.6 Å². The molecule has 4 atom stereocenters. The van der Waals surface area contributed by atoms with E-state index in [2.05, 4.69) is 0 Å². The smallest absolute Gasteiger partial charge is 0.292 e. The van der Waals surface area contributed by atoms with Crippen molar-refractivity contribution in [3.63, 3.8) is 0 Å². The fourth-order valence-electron chi connectivity index (χ4n) is 6.47. The van der Waals surface area contributed by atoms with Gasteiger partial charge < -0.3 is 0 Å². The minimum Gasteiger partial charge on any atom is -0.292 e. The largest absolute Gasteiger partial charge is 0.326 e. The second kappa shape index (κ2) is 8.78. The molecule has 3 aromatic rings. The second-order valence-corrected chi connectivity index (χ2v) is 17.1. The van der Waals surface area contributed by atoms with E-state index in [0.717, 1.165) is 17.4 Å². The SMILES string of the molecule is CC12CCC(C1(C)C)C([S+](c1ccccc1)c1ccc(-c3ccc(S(C)(=O)=O)cc3)cc1)(S(=O)(=O)O)C2=O. The van der Waals surface area contributed by atoms with Crippen molar-refractivity contribution >= 4 is 36.6 Å². The molecule has 3 aromatic carbocycles. The summed E-state index contributed by atoms with van der Waals surface area (Å²) in [6.45, 7) is 5.74. The molecule has 0 spiro atoms. The lowest BCUT2D eigenvalue weighted by molar-refractivity contribution is -0.128. The highest BCUT2D eigenvalue weighted by molar-refractivity contribution is 8.12. The van der Waals surface area contributed by atoms with Crippen molar-refractivity contribution in [1.82, 2.24) is 0 Å². The monoisotopic (exact) mass is 571 g/mol. The molecular formula is C29H31O6S3+. The second-order valence-electron chi connectivity index (χ2n) is 11.1. The van der Waals surface area contributed by atoms with Crippen molar-refractivity contribution < 1.29 is 26.2 Å². The van der Waals surface area contributed by atoms with Gasteiger partial charge in [0.25, 0.3) is 0 Å². The minimum atomic E-state index is -4.82. The van der Waals surface area contributed by atoms with Gasteiger partial charge in [0.05, 0.1) is 15.8 Å². The maximum Gasteiger partial charge on any atom is 0.326 e. The number of sulfone groups is 1. The van der Waals surface area contributed by atoms with E-state index in [4.69, 9.17) is 0 Å².